The molecule has 2 heterocycles. The summed E-state index contributed by atoms with van der Waals surface area (Å²) in [4.78, 5) is 105. The third kappa shape index (κ3) is 13.6. The first-order chi connectivity index (χ1) is 36.9. The minimum absolute atomic E-state index is 0.0213. The highest BCUT2D eigenvalue weighted by Gasteiger charge is 2.47. The van der Waals surface area contributed by atoms with Crippen LogP contribution in [0.5, 0.6) is 0 Å². The quantitative estimate of drug-likeness (QED) is 0.0730. The van der Waals surface area contributed by atoms with E-state index in [1.807, 2.05) is 90.9 Å². The summed E-state index contributed by atoms with van der Waals surface area (Å²) in [5, 5.41) is 18.1. The number of hydrogen-bond donors (Lipinski definition) is 6. The fourth-order valence-corrected chi connectivity index (χ4v) is 10.8. The van der Waals surface area contributed by atoms with Crippen molar-refractivity contribution in [2.75, 3.05) is 20.6 Å². The van der Waals surface area contributed by atoms with Gasteiger partial charge >= 0.3 is 0 Å². The third-order valence-electron chi connectivity index (χ3n) is 15.8. The summed E-state index contributed by atoms with van der Waals surface area (Å²) >= 11 is 0. The Hall–Kier alpha value is -6.98. The Kier molecular flexibility index (Phi) is 18.6. The van der Waals surface area contributed by atoms with Gasteiger partial charge < -0.3 is 46.6 Å². The Morgan fingerprint density at radius 3 is 1.79 bits per heavy atom. The molecule has 17 heteroatoms. The van der Waals surface area contributed by atoms with E-state index < -0.39 is 82.7 Å². The first-order valence-electron chi connectivity index (χ1n) is 27.4. The number of nitrogens with zero attached hydrogens (tertiary/aromatic N) is 3. The summed E-state index contributed by atoms with van der Waals surface area (Å²) in [7, 11) is 3.32. The lowest BCUT2D eigenvalue weighted by Crippen LogP contribution is -2.62. The normalized spacial score (nSPS) is 20.2. The topological polar surface area (TPSA) is 201 Å². The Labute approximate surface area is 459 Å². The molecule has 2 aliphatic heterocycles. The molecule has 16 nitrogen and oxygen atoms in total. The molecule has 1 fully saturated rings. The van der Waals surface area contributed by atoms with Crippen molar-refractivity contribution in [1.82, 2.24) is 46.6 Å². The second kappa shape index (κ2) is 24.8. The highest BCUT2D eigenvalue weighted by atomic mass is 19.1. The third-order valence-corrected chi connectivity index (χ3v) is 15.8. The number of rotatable bonds is 17. The van der Waals surface area contributed by atoms with Crippen LogP contribution in [-0.2, 0) is 54.7 Å². The summed E-state index contributed by atoms with van der Waals surface area (Å²) in [6.07, 6.45) is 2.89. The van der Waals surface area contributed by atoms with E-state index in [2.05, 4.69) is 38.0 Å². The molecule has 0 bridgehead atoms. The van der Waals surface area contributed by atoms with Crippen molar-refractivity contribution in [3.8, 4) is 0 Å². The average molecular weight is 1070 g/mol. The predicted molar refractivity (Wildman–Crippen MR) is 298 cm³/mol. The van der Waals surface area contributed by atoms with E-state index >= 15 is 4.79 Å². The van der Waals surface area contributed by atoms with Gasteiger partial charge in [0.25, 0.3) is 5.91 Å². The van der Waals surface area contributed by atoms with Gasteiger partial charge in [0.2, 0.25) is 35.4 Å². The first-order valence-corrected chi connectivity index (χ1v) is 27.4. The molecular formula is C61H80FN9O7. The molecule has 9 atom stereocenters. The summed E-state index contributed by atoms with van der Waals surface area (Å²) < 4.78 is 14.3. The van der Waals surface area contributed by atoms with Crippen LogP contribution in [0, 0.1) is 16.6 Å². The van der Waals surface area contributed by atoms with Crippen LogP contribution in [0.2, 0.25) is 0 Å². The molecule has 0 unspecified atom stereocenters. The van der Waals surface area contributed by atoms with Gasteiger partial charge in [0.15, 0.2) is 0 Å². The standard InChI is InChI=1S/C61H80FN9O7/c1-36(63-10)53(72)67-51(60(4,5)6)58(77)70-34-44-19-13-12-18-43(44)31-50(70)57(76)69(38(3)40-27-29-45(62)30-28-40)33-39-23-25-42(26-24-39)55(74)65-46-32-49(56(75)66-48-22-16-20-41-17-14-15-21-47(41)48)71(35-46)59(78)52(61(7,8)9)68-54(73)37(2)64-11/h12-15,17-19,21,23-30,36-38,46,48-52,63-64H,16,20,22,31-35H2,1-11H3,(H,65,74)(H,66,75)(H,67,72)(H,68,73)/t36-,37-,38+,46-,48+,49-,50-,51+,52+/m0/s1. The van der Waals surface area contributed by atoms with Crippen LogP contribution in [0.1, 0.15) is 137 Å². The Balaban J connectivity index is 1.14. The summed E-state index contributed by atoms with van der Waals surface area (Å²) in [5.41, 5.74) is 4.20. The molecule has 78 heavy (non-hydrogen) atoms. The maximum atomic E-state index is 15.5. The van der Waals surface area contributed by atoms with Crippen LogP contribution >= 0.6 is 0 Å². The minimum atomic E-state index is -0.983. The SMILES string of the molecule is CN[C@@H](C)C(=O)N[C@H](C(=O)N1C[C@@H](NC(=O)c2ccc(CN(C(=O)[C@@H]3Cc4ccccc4CN3C(=O)[C@@H](NC(=O)[C@H](C)NC)C(C)(C)C)[C@H](C)c3ccc(F)cc3)cc2)C[C@H]1C(=O)N[C@@H]1CCCc2ccccc21)C(C)(C)C. The summed E-state index contributed by atoms with van der Waals surface area (Å²) in [6, 6.07) is 22.0. The molecule has 0 aromatic heterocycles. The Bertz CT molecular complexity index is 2830. The molecule has 0 saturated carbocycles. The van der Waals surface area contributed by atoms with Crippen LogP contribution in [0.25, 0.3) is 0 Å². The van der Waals surface area contributed by atoms with Gasteiger partial charge in [-0.2, -0.15) is 0 Å². The lowest BCUT2D eigenvalue weighted by atomic mass is 9.84. The van der Waals surface area contributed by atoms with Crippen molar-refractivity contribution in [2.45, 2.75) is 162 Å². The number of hydrogen-bond acceptors (Lipinski definition) is 9. The summed E-state index contributed by atoms with van der Waals surface area (Å²) in [6.45, 7) is 16.7. The van der Waals surface area contributed by atoms with Gasteiger partial charge in [-0.05, 0) is 129 Å². The zero-order chi connectivity index (χ0) is 56.8. The smallest absolute Gasteiger partial charge is 0.251 e. The van der Waals surface area contributed by atoms with Gasteiger partial charge in [-0.15, -0.1) is 0 Å². The number of carbonyl (C=O) groups excluding carboxylic acids is 7. The van der Waals surface area contributed by atoms with Crippen LogP contribution < -0.4 is 31.9 Å². The predicted octanol–water partition coefficient (Wildman–Crippen LogP) is 6.04. The van der Waals surface area contributed by atoms with Gasteiger partial charge in [-0.3, -0.25) is 33.6 Å². The molecule has 3 aliphatic rings. The van der Waals surface area contributed by atoms with E-state index in [4.69, 9.17) is 0 Å². The van der Waals surface area contributed by atoms with E-state index in [1.54, 1.807) is 74.1 Å². The zero-order valence-corrected chi connectivity index (χ0v) is 47.2. The summed E-state index contributed by atoms with van der Waals surface area (Å²) in [5.74, 6) is -3.09. The molecule has 7 rings (SSSR count). The monoisotopic (exact) mass is 1070 g/mol. The Morgan fingerprint density at radius 1 is 0.667 bits per heavy atom. The van der Waals surface area contributed by atoms with Gasteiger partial charge in [0.1, 0.15) is 30.0 Å². The van der Waals surface area contributed by atoms with E-state index in [1.165, 1.54) is 22.6 Å². The van der Waals surface area contributed by atoms with Gasteiger partial charge in [0, 0.05) is 37.7 Å². The van der Waals surface area contributed by atoms with E-state index in [0.29, 0.717) is 16.7 Å². The molecule has 6 N–H and O–H groups in total. The van der Waals surface area contributed by atoms with Crippen molar-refractivity contribution in [3.05, 3.63) is 142 Å². The molecule has 4 aromatic rings. The number of nitrogens with one attached hydrogen (secondary N) is 6. The number of likely N-dealkylation sites (tertiary alicyclic amines) is 1. The lowest BCUT2D eigenvalue weighted by Gasteiger charge is -2.43. The van der Waals surface area contributed by atoms with Crippen LogP contribution in [0.3, 0.4) is 0 Å². The van der Waals surface area contributed by atoms with Crippen LogP contribution in [0.15, 0.2) is 97.1 Å². The fourth-order valence-electron chi connectivity index (χ4n) is 10.8. The number of carbonyl (C=O) groups is 7. The molecule has 4 aromatic carbocycles. The maximum absolute atomic E-state index is 15.5. The minimum Gasteiger partial charge on any atom is -0.347 e. The number of benzene rings is 4. The average Bonchev–Trinajstić information content (AvgIpc) is 4.00. The van der Waals surface area contributed by atoms with Crippen molar-refractivity contribution >= 4 is 41.4 Å². The lowest BCUT2D eigenvalue weighted by molar-refractivity contribution is -0.152. The van der Waals surface area contributed by atoms with Gasteiger partial charge in [-0.25, -0.2) is 4.39 Å². The van der Waals surface area contributed by atoms with Crippen molar-refractivity contribution < 1.29 is 38.0 Å². The molecular weight excluding hydrogens is 990 g/mol. The van der Waals surface area contributed by atoms with Crippen molar-refractivity contribution in [1.29, 1.82) is 0 Å². The number of likely N-dealkylation sites (N-methyl/N-ethyl adjacent to an activating group) is 2. The highest BCUT2D eigenvalue weighted by molar-refractivity contribution is 5.97. The van der Waals surface area contributed by atoms with Gasteiger partial charge in [0.05, 0.1) is 24.2 Å². The molecule has 0 spiro atoms. The molecule has 1 aliphatic carbocycles. The van der Waals surface area contributed by atoms with E-state index in [-0.39, 0.29) is 62.1 Å². The van der Waals surface area contributed by atoms with Crippen molar-refractivity contribution in [3.63, 3.8) is 0 Å². The second-order valence-corrected chi connectivity index (χ2v) is 23.5. The van der Waals surface area contributed by atoms with Crippen molar-refractivity contribution in [2.24, 2.45) is 10.8 Å². The number of halogens is 1. The van der Waals surface area contributed by atoms with Gasteiger partial charge in [-0.1, -0.05) is 114 Å². The molecule has 418 valence electrons. The number of amides is 7. The number of aryl methyl sites for hydroxylation is 1. The molecule has 1 saturated heterocycles. The largest absolute Gasteiger partial charge is 0.347 e. The molecule has 0 radical (unpaired) electrons. The van der Waals surface area contributed by atoms with Crippen LogP contribution in [0.4, 0.5) is 4.39 Å². The zero-order valence-electron chi connectivity index (χ0n) is 47.2. The Morgan fingerprint density at radius 2 is 1.22 bits per heavy atom. The van der Waals surface area contributed by atoms with E-state index in [9.17, 15) is 33.2 Å². The molecule has 7 amide bonds. The van der Waals surface area contributed by atoms with E-state index in [0.717, 1.165) is 36.0 Å². The fraction of sp³-hybridized carbons (Fsp3) is 0.492. The van der Waals surface area contributed by atoms with Crippen LogP contribution in [-0.4, -0.2) is 119 Å². The highest BCUT2D eigenvalue weighted by Crippen LogP contribution is 2.34. The first kappa shape index (κ1) is 58.7. The maximum Gasteiger partial charge on any atom is 0.251 e. The second-order valence-electron chi connectivity index (χ2n) is 23.5. The number of fused-ring (bicyclic) bond motifs is 2.